The number of nitrogens with one attached hydrogen (secondary N) is 1. The van der Waals surface area contributed by atoms with Crippen molar-refractivity contribution in [2.75, 3.05) is 7.05 Å². The van der Waals surface area contributed by atoms with Crippen molar-refractivity contribution in [1.29, 1.82) is 0 Å². The molecule has 1 aromatic heterocycles. The summed E-state index contributed by atoms with van der Waals surface area (Å²) < 4.78 is 2.22. The minimum absolute atomic E-state index is 0.735. The number of rotatable bonds is 4. The van der Waals surface area contributed by atoms with Crippen molar-refractivity contribution in [3.05, 3.63) is 64.9 Å². The smallest absolute Gasteiger partial charge is 0.124 e. The van der Waals surface area contributed by atoms with E-state index in [0.29, 0.717) is 0 Å². The topological polar surface area (TPSA) is 29.9 Å². The molecule has 0 saturated carbocycles. The number of fused-ring (bicyclic) bond motifs is 1. The highest BCUT2D eigenvalue weighted by Crippen LogP contribution is 2.22. The van der Waals surface area contributed by atoms with E-state index in [9.17, 15) is 0 Å². The van der Waals surface area contributed by atoms with Crippen LogP contribution in [0.5, 0.6) is 0 Å². The van der Waals surface area contributed by atoms with Crippen molar-refractivity contribution in [3.8, 4) is 0 Å². The lowest BCUT2D eigenvalue weighted by Crippen LogP contribution is -2.13. The molecule has 3 nitrogen and oxygen atoms in total. The summed E-state index contributed by atoms with van der Waals surface area (Å²) in [5.41, 5.74) is 3.31. The second-order valence-electron chi connectivity index (χ2n) is 4.76. The van der Waals surface area contributed by atoms with Crippen molar-refractivity contribution in [3.63, 3.8) is 0 Å². The van der Waals surface area contributed by atoms with Gasteiger partial charge in [-0.15, -0.1) is 0 Å². The fourth-order valence-corrected chi connectivity index (χ4v) is 2.55. The molecule has 2 aromatic carbocycles. The first-order valence-electron chi connectivity index (χ1n) is 6.61. The fourth-order valence-electron chi connectivity index (χ4n) is 2.38. The van der Waals surface area contributed by atoms with Gasteiger partial charge in [-0.1, -0.05) is 41.9 Å². The van der Waals surface area contributed by atoms with Crippen LogP contribution >= 0.6 is 11.6 Å². The Bertz CT molecular complexity index is 719. The largest absolute Gasteiger partial charge is 0.322 e. The molecule has 1 heterocycles. The lowest BCUT2D eigenvalue weighted by atomic mass is 10.2. The Kier molecular flexibility index (Phi) is 3.72. The van der Waals surface area contributed by atoms with E-state index in [2.05, 4.69) is 39.1 Å². The van der Waals surface area contributed by atoms with Gasteiger partial charge < -0.3 is 9.88 Å². The summed E-state index contributed by atoms with van der Waals surface area (Å²) >= 11 is 6.12. The van der Waals surface area contributed by atoms with Crippen LogP contribution in [0.15, 0.2) is 48.5 Å². The molecule has 20 heavy (non-hydrogen) atoms. The molecule has 0 saturated heterocycles. The SMILES string of the molecule is CNCc1nc2ccc(Cl)cc2n1Cc1ccccc1. The third-order valence-corrected chi connectivity index (χ3v) is 3.54. The van der Waals surface area contributed by atoms with Crippen LogP contribution in [0.2, 0.25) is 5.02 Å². The van der Waals surface area contributed by atoms with Gasteiger partial charge in [0, 0.05) is 11.6 Å². The van der Waals surface area contributed by atoms with Gasteiger partial charge in [0.2, 0.25) is 0 Å². The number of nitrogens with zero attached hydrogens (tertiary/aromatic N) is 2. The summed E-state index contributed by atoms with van der Waals surface area (Å²) in [7, 11) is 1.93. The number of imidazole rings is 1. The highest BCUT2D eigenvalue weighted by Gasteiger charge is 2.10. The van der Waals surface area contributed by atoms with Crippen LogP contribution in [-0.4, -0.2) is 16.6 Å². The molecule has 0 fully saturated rings. The molecule has 0 atom stereocenters. The Morgan fingerprint density at radius 1 is 1.15 bits per heavy atom. The number of hydrogen-bond donors (Lipinski definition) is 1. The van der Waals surface area contributed by atoms with Gasteiger partial charge >= 0.3 is 0 Å². The number of halogens is 1. The Labute approximate surface area is 123 Å². The second kappa shape index (κ2) is 5.65. The first-order chi connectivity index (χ1) is 9.78. The first-order valence-corrected chi connectivity index (χ1v) is 6.99. The molecule has 0 radical (unpaired) electrons. The molecule has 3 rings (SSSR count). The summed E-state index contributed by atoms with van der Waals surface area (Å²) in [6, 6.07) is 16.2. The lowest BCUT2D eigenvalue weighted by molar-refractivity contribution is 0.686. The van der Waals surface area contributed by atoms with Gasteiger partial charge in [-0.05, 0) is 30.8 Å². The zero-order chi connectivity index (χ0) is 13.9. The highest BCUT2D eigenvalue weighted by molar-refractivity contribution is 6.31. The van der Waals surface area contributed by atoms with Gasteiger partial charge in [0.05, 0.1) is 17.6 Å². The average Bonchev–Trinajstić information content (AvgIpc) is 2.78. The van der Waals surface area contributed by atoms with Crippen LogP contribution in [0.3, 0.4) is 0 Å². The fraction of sp³-hybridized carbons (Fsp3) is 0.188. The van der Waals surface area contributed by atoms with Crippen molar-refractivity contribution in [2.45, 2.75) is 13.1 Å². The predicted octanol–water partition coefficient (Wildman–Crippen LogP) is 3.46. The summed E-state index contributed by atoms with van der Waals surface area (Å²) in [4.78, 5) is 4.68. The van der Waals surface area contributed by atoms with Crippen LogP contribution in [0.25, 0.3) is 11.0 Å². The quantitative estimate of drug-likeness (QED) is 0.796. The van der Waals surface area contributed by atoms with Crippen LogP contribution in [0.4, 0.5) is 0 Å². The number of benzene rings is 2. The van der Waals surface area contributed by atoms with Crippen LogP contribution in [0.1, 0.15) is 11.4 Å². The second-order valence-corrected chi connectivity index (χ2v) is 5.20. The number of hydrogen-bond acceptors (Lipinski definition) is 2. The Balaban J connectivity index is 2.10. The van der Waals surface area contributed by atoms with Gasteiger partial charge in [-0.25, -0.2) is 4.98 Å². The standard InChI is InChI=1S/C16H16ClN3/c1-18-10-16-19-14-8-7-13(17)9-15(14)20(16)11-12-5-3-2-4-6-12/h2-9,18H,10-11H2,1H3. The molecule has 0 bridgehead atoms. The molecule has 0 aliphatic rings. The molecule has 102 valence electrons. The zero-order valence-electron chi connectivity index (χ0n) is 11.3. The zero-order valence-corrected chi connectivity index (χ0v) is 12.1. The Morgan fingerprint density at radius 3 is 2.70 bits per heavy atom. The van der Waals surface area contributed by atoms with E-state index in [4.69, 9.17) is 11.6 Å². The molecule has 0 spiro atoms. The van der Waals surface area contributed by atoms with E-state index in [1.165, 1.54) is 5.56 Å². The minimum Gasteiger partial charge on any atom is -0.322 e. The monoisotopic (exact) mass is 285 g/mol. The van der Waals surface area contributed by atoms with Crippen molar-refractivity contribution in [2.24, 2.45) is 0 Å². The maximum absolute atomic E-state index is 6.12. The summed E-state index contributed by atoms with van der Waals surface area (Å²) in [6.45, 7) is 1.54. The van der Waals surface area contributed by atoms with Crippen molar-refractivity contribution < 1.29 is 0 Å². The van der Waals surface area contributed by atoms with Crippen LogP contribution in [0, 0.1) is 0 Å². The Hall–Kier alpha value is -1.84. The van der Waals surface area contributed by atoms with Crippen LogP contribution in [-0.2, 0) is 13.1 Å². The van der Waals surface area contributed by atoms with E-state index in [0.717, 1.165) is 35.0 Å². The van der Waals surface area contributed by atoms with Crippen LogP contribution < -0.4 is 5.32 Å². The predicted molar refractivity (Wildman–Crippen MR) is 83.1 cm³/mol. The summed E-state index contributed by atoms with van der Waals surface area (Å²) in [5.74, 6) is 1.02. The van der Waals surface area contributed by atoms with E-state index >= 15 is 0 Å². The number of aromatic nitrogens is 2. The molecule has 4 heteroatoms. The van der Waals surface area contributed by atoms with Gasteiger partial charge in [-0.3, -0.25) is 0 Å². The minimum atomic E-state index is 0.735. The molecule has 0 unspecified atom stereocenters. The molecular formula is C16H16ClN3. The Morgan fingerprint density at radius 2 is 1.95 bits per heavy atom. The maximum Gasteiger partial charge on any atom is 0.124 e. The van der Waals surface area contributed by atoms with Crippen molar-refractivity contribution in [1.82, 2.24) is 14.9 Å². The molecule has 0 aliphatic heterocycles. The third kappa shape index (κ3) is 2.55. The normalized spacial score (nSPS) is 11.1. The molecule has 1 N–H and O–H groups in total. The molecular weight excluding hydrogens is 270 g/mol. The van der Waals surface area contributed by atoms with Gasteiger partial charge in [0.1, 0.15) is 5.82 Å². The van der Waals surface area contributed by atoms with E-state index < -0.39 is 0 Å². The van der Waals surface area contributed by atoms with Gasteiger partial charge in [-0.2, -0.15) is 0 Å². The molecule has 0 amide bonds. The van der Waals surface area contributed by atoms with E-state index in [1.54, 1.807) is 0 Å². The van der Waals surface area contributed by atoms with E-state index in [1.807, 2.05) is 31.3 Å². The summed E-state index contributed by atoms with van der Waals surface area (Å²) in [6.07, 6.45) is 0. The lowest BCUT2D eigenvalue weighted by Gasteiger charge is -2.09. The molecule has 0 aliphatic carbocycles. The van der Waals surface area contributed by atoms with Crippen molar-refractivity contribution >= 4 is 22.6 Å². The maximum atomic E-state index is 6.12. The summed E-state index contributed by atoms with van der Waals surface area (Å²) in [5, 5.41) is 3.91. The first kappa shape index (κ1) is 13.2. The highest BCUT2D eigenvalue weighted by atomic mass is 35.5. The van der Waals surface area contributed by atoms with Gasteiger partial charge in [0.15, 0.2) is 0 Å². The molecule has 3 aromatic rings. The average molecular weight is 286 g/mol. The van der Waals surface area contributed by atoms with Gasteiger partial charge in [0.25, 0.3) is 0 Å². The third-order valence-electron chi connectivity index (χ3n) is 3.31. The van der Waals surface area contributed by atoms with E-state index in [-0.39, 0.29) is 0 Å².